The molecule has 0 spiro atoms. The Morgan fingerprint density at radius 3 is 2.25 bits per heavy atom. The van der Waals surface area contributed by atoms with Crippen molar-refractivity contribution in [1.82, 2.24) is 0 Å². The van der Waals surface area contributed by atoms with Crippen LogP contribution in [0.15, 0.2) is 30.3 Å². The van der Waals surface area contributed by atoms with E-state index in [1.165, 1.54) is 5.56 Å². The molecule has 0 aliphatic carbocycles. The first-order valence-corrected chi connectivity index (χ1v) is 3.87. The van der Waals surface area contributed by atoms with Crippen molar-refractivity contribution < 1.29 is 4.79 Å². The second kappa shape index (κ2) is 6.55. The smallest absolute Gasteiger partial charge is 0.106 e. The highest BCUT2D eigenvalue weighted by atomic mass is 16.1. The van der Waals surface area contributed by atoms with E-state index in [9.17, 15) is 0 Å². The Morgan fingerprint density at radius 2 is 1.83 bits per heavy atom. The molecule has 0 saturated heterocycles. The van der Waals surface area contributed by atoms with Crippen molar-refractivity contribution >= 4 is 6.79 Å². The molecule has 1 atom stereocenters. The molecule has 12 heavy (non-hydrogen) atoms. The van der Waals surface area contributed by atoms with Crippen LogP contribution < -0.4 is 5.73 Å². The van der Waals surface area contributed by atoms with Crippen LogP contribution in [0.1, 0.15) is 12.5 Å². The molecular weight excluding hydrogens is 150 g/mol. The van der Waals surface area contributed by atoms with Gasteiger partial charge in [-0.25, -0.2) is 0 Å². The van der Waals surface area contributed by atoms with Crippen LogP contribution >= 0.6 is 0 Å². The fourth-order valence-electron chi connectivity index (χ4n) is 0.986. The molecule has 0 aromatic heterocycles. The minimum Gasteiger partial charge on any atom is -0.328 e. The Morgan fingerprint density at radius 1 is 1.33 bits per heavy atom. The molecule has 0 aliphatic heterocycles. The van der Waals surface area contributed by atoms with E-state index >= 15 is 0 Å². The molecule has 1 rings (SSSR count). The topological polar surface area (TPSA) is 43.1 Å². The summed E-state index contributed by atoms with van der Waals surface area (Å²) in [6.45, 7) is 4.02. The highest BCUT2D eigenvalue weighted by molar-refractivity contribution is 5.15. The number of carbonyl (C=O) groups excluding carboxylic acids is 1. The summed E-state index contributed by atoms with van der Waals surface area (Å²) < 4.78 is 0. The summed E-state index contributed by atoms with van der Waals surface area (Å²) in [6, 6.07) is 10.6. The Balaban J connectivity index is 0.000000561. The average molecular weight is 165 g/mol. The van der Waals surface area contributed by atoms with Gasteiger partial charge >= 0.3 is 0 Å². The zero-order valence-electron chi connectivity index (χ0n) is 7.36. The maximum absolute atomic E-state index is 8.00. The number of nitrogens with two attached hydrogens (primary N) is 1. The van der Waals surface area contributed by atoms with Gasteiger partial charge in [-0.3, -0.25) is 0 Å². The predicted molar refractivity (Wildman–Crippen MR) is 50.9 cm³/mol. The third-order valence-electron chi connectivity index (χ3n) is 1.40. The highest BCUT2D eigenvalue weighted by Crippen LogP contribution is 2.00. The van der Waals surface area contributed by atoms with Crippen LogP contribution in [0.3, 0.4) is 0 Å². The van der Waals surface area contributed by atoms with Gasteiger partial charge in [-0.1, -0.05) is 30.3 Å². The maximum atomic E-state index is 8.00. The highest BCUT2D eigenvalue weighted by Gasteiger charge is 1.94. The standard InChI is InChI=1S/C9H13N.CH2O/c1-8(10)7-9-5-3-2-4-6-9;1-2/h2-6,8H,7,10H2,1H3;1H2. The molecule has 0 heterocycles. The molecule has 0 radical (unpaired) electrons. The van der Waals surface area contributed by atoms with Crippen molar-refractivity contribution in [3.63, 3.8) is 0 Å². The SMILES string of the molecule is C=O.CC(N)Cc1ccccc1. The molecule has 2 heteroatoms. The monoisotopic (exact) mass is 165 g/mol. The molecule has 2 N–H and O–H groups in total. The normalized spacial score (nSPS) is 11.2. The van der Waals surface area contributed by atoms with Gasteiger partial charge in [-0.15, -0.1) is 0 Å². The number of hydrogen-bond acceptors (Lipinski definition) is 2. The van der Waals surface area contributed by atoms with Gasteiger partial charge in [0.05, 0.1) is 0 Å². The molecule has 0 aliphatic rings. The number of benzene rings is 1. The molecule has 66 valence electrons. The van der Waals surface area contributed by atoms with Gasteiger partial charge in [0.2, 0.25) is 0 Å². The number of carbonyl (C=O) groups is 1. The van der Waals surface area contributed by atoms with Crippen molar-refractivity contribution in [3.8, 4) is 0 Å². The summed E-state index contributed by atoms with van der Waals surface area (Å²) in [4.78, 5) is 8.00. The fraction of sp³-hybridized carbons (Fsp3) is 0.300. The van der Waals surface area contributed by atoms with Crippen molar-refractivity contribution in [2.75, 3.05) is 0 Å². The summed E-state index contributed by atoms with van der Waals surface area (Å²) in [6.07, 6.45) is 0.973. The van der Waals surface area contributed by atoms with Gasteiger partial charge < -0.3 is 10.5 Å². The van der Waals surface area contributed by atoms with Crippen LogP contribution in [-0.4, -0.2) is 12.8 Å². The van der Waals surface area contributed by atoms with Crippen LogP contribution in [0.25, 0.3) is 0 Å². The zero-order valence-corrected chi connectivity index (χ0v) is 7.36. The Kier molecular flexibility index (Phi) is 5.93. The average Bonchev–Trinajstić information content (AvgIpc) is 2.08. The lowest BCUT2D eigenvalue weighted by molar-refractivity contribution is -0.0979. The predicted octanol–water partition coefficient (Wildman–Crippen LogP) is 1.39. The molecular formula is C10H15NO. The fourth-order valence-corrected chi connectivity index (χ4v) is 0.986. The van der Waals surface area contributed by atoms with Crippen LogP contribution in [-0.2, 0) is 11.2 Å². The Hall–Kier alpha value is -1.15. The van der Waals surface area contributed by atoms with E-state index in [0.717, 1.165) is 6.42 Å². The lowest BCUT2D eigenvalue weighted by Crippen LogP contribution is -2.17. The van der Waals surface area contributed by atoms with Gasteiger partial charge in [-0.2, -0.15) is 0 Å². The molecule has 0 bridgehead atoms. The first-order chi connectivity index (χ1) is 5.79. The van der Waals surface area contributed by atoms with E-state index in [1.807, 2.05) is 31.9 Å². The Labute approximate surface area is 73.4 Å². The lowest BCUT2D eigenvalue weighted by atomic mass is 10.1. The first-order valence-electron chi connectivity index (χ1n) is 3.87. The largest absolute Gasteiger partial charge is 0.328 e. The molecule has 1 aromatic carbocycles. The molecule has 0 amide bonds. The van der Waals surface area contributed by atoms with E-state index in [2.05, 4.69) is 12.1 Å². The van der Waals surface area contributed by atoms with Gasteiger partial charge in [0.1, 0.15) is 6.79 Å². The van der Waals surface area contributed by atoms with E-state index < -0.39 is 0 Å². The van der Waals surface area contributed by atoms with Gasteiger partial charge in [0, 0.05) is 6.04 Å². The second-order valence-electron chi connectivity index (χ2n) is 2.67. The van der Waals surface area contributed by atoms with Crippen LogP contribution in [0.4, 0.5) is 0 Å². The number of rotatable bonds is 2. The molecule has 0 fully saturated rings. The van der Waals surface area contributed by atoms with Crippen molar-refractivity contribution in [3.05, 3.63) is 35.9 Å². The summed E-state index contributed by atoms with van der Waals surface area (Å²) in [5, 5.41) is 0. The molecule has 1 unspecified atom stereocenters. The van der Waals surface area contributed by atoms with E-state index in [-0.39, 0.29) is 6.04 Å². The van der Waals surface area contributed by atoms with Gasteiger partial charge in [0.25, 0.3) is 0 Å². The molecule has 0 saturated carbocycles. The Bertz CT molecular complexity index is 196. The maximum Gasteiger partial charge on any atom is 0.106 e. The van der Waals surface area contributed by atoms with E-state index in [1.54, 1.807) is 0 Å². The first kappa shape index (κ1) is 10.8. The minimum atomic E-state index is 0.266. The van der Waals surface area contributed by atoms with Gasteiger partial charge in [0.15, 0.2) is 0 Å². The quantitative estimate of drug-likeness (QED) is 0.719. The van der Waals surface area contributed by atoms with Crippen molar-refractivity contribution in [1.29, 1.82) is 0 Å². The second-order valence-corrected chi connectivity index (χ2v) is 2.67. The summed E-state index contributed by atoms with van der Waals surface area (Å²) in [7, 11) is 0. The van der Waals surface area contributed by atoms with E-state index in [4.69, 9.17) is 10.5 Å². The molecule has 1 aromatic rings. The summed E-state index contributed by atoms with van der Waals surface area (Å²) in [5.41, 5.74) is 6.94. The zero-order chi connectivity index (χ0) is 9.40. The van der Waals surface area contributed by atoms with E-state index in [0.29, 0.717) is 0 Å². The van der Waals surface area contributed by atoms with Crippen molar-refractivity contribution in [2.24, 2.45) is 5.73 Å². The minimum absolute atomic E-state index is 0.266. The van der Waals surface area contributed by atoms with Crippen LogP contribution in [0.5, 0.6) is 0 Å². The van der Waals surface area contributed by atoms with Crippen LogP contribution in [0, 0.1) is 0 Å². The van der Waals surface area contributed by atoms with Crippen LogP contribution in [0.2, 0.25) is 0 Å². The summed E-state index contributed by atoms with van der Waals surface area (Å²) >= 11 is 0. The molecule has 2 nitrogen and oxygen atoms in total. The van der Waals surface area contributed by atoms with Gasteiger partial charge in [-0.05, 0) is 18.9 Å². The third-order valence-corrected chi connectivity index (χ3v) is 1.40. The summed E-state index contributed by atoms with van der Waals surface area (Å²) in [5.74, 6) is 0. The van der Waals surface area contributed by atoms with Crippen molar-refractivity contribution in [2.45, 2.75) is 19.4 Å². The lowest BCUT2D eigenvalue weighted by Gasteiger charge is -2.02. The number of hydrogen-bond donors (Lipinski definition) is 1. The third kappa shape index (κ3) is 4.63.